The third-order valence-electron chi connectivity index (χ3n) is 3.40. The lowest BCUT2D eigenvalue weighted by Crippen LogP contribution is -2.09. The van der Waals surface area contributed by atoms with Crippen LogP contribution in [-0.4, -0.2) is 16.4 Å². The van der Waals surface area contributed by atoms with Crippen molar-refractivity contribution in [3.8, 4) is 5.75 Å². The number of benzene rings is 1. The SMILES string of the molecule is CC(=O)Oc1cc(C)cc2c1c(CC(C)(C)C)cn2C(C)=O. The average Bonchev–Trinajstić information content (AvgIpc) is 2.64. The summed E-state index contributed by atoms with van der Waals surface area (Å²) in [5.74, 6) is 0.121. The van der Waals surface area contributed by atoms with Crippen molar-refractivity contribution in [3.05, 3.63) is 29.5 Å². The highest BCUT2D eigenvalue weighted by Crippen LogP contribution is 2.35. The molecule has 2 aromatic rings. The van der Waals surface area contributed by atoms with Crippen molar-refractivity contribution in [1.29, 1.82) is 0 Å². The molecule has 0 aliphatic rings. The zero-order chi connectivity index (χ0) is 16.7. The molecule has 4 heteroatoms. The molecule has 2 rings (SSSR count). The zero-order valence-corrected chi connectivity index (χ0v) is 14.1. The maximum atomic E-state index is 11.9. The van der Waals surface area contributed by atoms with Gasteiger partial charge < -0.3 is 4.74 Å². The number of hydrogen-bond donors (Lipinski definition) is 0. The number of aryl methyl sites for hydroxylation is 1. The predicted octanol–water partition coefficient (Wildman–Crippen LogP) is 4.12. The van der Waals surface area contributed by atoms with Crippen molar-refractivity contribution in [2.75, 3.05) is 0 Å². The van der Waals surface area contributed by atoms with Crippen molar-refractivity contribution in [1.82, 2.24) is 4.57 Å². The van der Waals surface area contributed by atoms with Crippen LogP contribution in [0.15, 0.2) is 18.3 Å². The molecule has 0 unspecified atom stereocenters. The molecule has 1 aromatic heterocycles. The number of aromatic nitrogens is 1. The van der Waals surface area contributed by atoms with Crippen LogP contribution in [-0.2, 0) is 11.2 Å². The zero-order valence-electron chi connectivity index (χ0n) is 14.1. The number of esters is 1. The molecule has 0 spiro atoms. The Kier molecular flexibility index (Phi) is 4.14. The molecule has 1 aromatic carbocycles. The Labute approximate surface area is 131 Å². The molecule has 0 aliphatic heterocycles. The summed E-state index contributed by atoms with van der Waals surface area (Å²) >= 11 is 0. The van der Waals surface area contributed by atoms with Gasteiger partial charge in [0.2, 0.25) is 5.91 Å². The van der Waals surface area contributed by atoms with Gasteiger partial charge in [0.1, 0.15) is 5.75 Å². The molecule has 4 nitrogen and oxygen atoms in total. The van der Waals surface area contributed by atoms with Crippen LogP contribution >= 0.6 is 0 Å². The summed E-state index contributed by atoms with van der Waals surface area (Å²) < 4.78 is 7.03. The fourth-order valence-corrected chi connectivity index (χ4v) is 2.74. The molecule has 0 amide bonds. The summed E-state index contributed by atoms with van der Waals surface area (Å²) in [6.07, 6.45) is 2.66. The first kappa shape index (κ1) is 16.3. The standard InChI is InChI=1S/C18H23NO3/c1-11-7-15-17(16(8-11)22-13(3)21)14(9-18(4,5)6)10-19(15)12(2)20/h7-8,10H,9H2,1-6H3. The lowest BCUT2D eigenvalue weighted by Gasteiger charge is -2.18. The molecule has 0 N–H and O–H groups in total. The Hall–Kier alpha value is -2.10. The number of rotatable bonds is 2. The van der Waals surface area contributed by atoms with E-state index in [0.29, 0.717) is 5.75 Å². The van der Waals surface area contributed by atoms with Gasteiger partial charge in [-0.05, 0) is 42.0 Å². The van der Waals surface area contributed by atoms with E-state index in [9.17, 15) is 9.59 Å². The average molecular weight is 301 g/mol. The molecule has 0 atom stereocenters. The molecule has 118 valence electrons. The van der Waals surface area contributed by atoms with Crippen LogP contribution in [0, 0.1) is 12.3 Å². The molecule has 22 heavy (non-hydrogen) atoms. The summed E-state index contributed by atoms with van der Waals surface area (Å²) in [5, 5.41) is 0.853. The van der Waals surface area contributed by atoms with Gasteiger partial charge in [0.05, 0.1) is 5.52 Å². The number of hydrogen-bond acceptors (Lipinski definition) is 3. The first-order valence-electron chi connectivity index (χ1n) is 7.42. The summed E-state index contributed by atoms with van der Waals surface area (Å²) in [4.78, 5) is 23.3. The molecule has 0 saturated heterocycles. The largest absolute Gasteiger partial charge is 0.426 e. The number of carbonyl (C=O) groups is 2. The second kappa shape index (κ2) is 5.59. The van der Waals surface area contributed by atoms with Gasteiger partial charge in [0, 0.05) is 25.4 Å². The van der Waals surface area contributed by atoms with Gasteiger partial charge in [-0.3, -0.25) is 14.2 Å². The fraction of sp³-hybridized carbons (Fsp3) is 0.444. The van der Waals surface area contributed by atoms with Crippen LogP contribution in [0.4, 0.5) is 0 Å². The summed E-state index contributed by atoms with van der Waals surface area (Å²) in [6.45, 7) is 11.3. The highest BCUT2D eigenvalue weighted by Gasteiger charge is 2.21. The van der Waals surface area contributed by atoms with E-state index in [2.05, 4.69) is 20.8 Å². The van der Waals surface area contributed by atoms with E-state index in [-0.39, 0.29) is 17.3 Å². The van der Waals surface area contributed by atoms with E-state index < -0.39 is 0 Å². The van der Waals surface area contributed by atoms with Gasteiger partial charge >= 0.3 is 5.97 Å². The Balaban J connectivity index is 2.78. The van der Waals surface area contributed by atoms with Crippen LogP contribution < -0.4 is 4.74 Å². The van der Waals surface area contributed by atoms with Crippen LogP contribution in [0.1, 0.15) is 50.5 Å². The highest BCUT2D eigenvalue weighted by molar-refractivity contribution is 5.98. The van der Waals surface area contributed by atoms with E-state index in [1.54, 1.807) is 4.57 Å². The van der Waals surface area contributed by atoms with Gasteiger partial charge in [-0.25, -0.2) is 0 Å². The van der Waals surface area contributed by atoms with Crippen molar-refractivity contribution in [2.45, 2.75) is 48.0 Å². The lowest BCUT2D eigenvalue weighted by molar-refractivity contribution is -0.131. The molecular weight excluding hydrogens is 278 g/mol. The van der Waals surface area contributed by atoms with Crippen molar-refractivity contribution < 1.29 is 14.3 Å². The maximum Gasteiger partial charge on any atom is 0.308 e. The first-order chi connectivity index (χ1) is 10.1. The number of carbonyl (C=O) groups excluding carboxylic acids is 2. The monoisotopic (exact) mass is 301 g/mol. The van der Waals surface area contributed by atoms with Gasteiger partial charge in [0.15, 0.2) is 0 Å². The third-order valence-corrected chi connectivity index (χ3v) is 3.40. The first-order valence-corrected chi connectivity index (χ1v) is 7.42. The smallest absolute Gasteiger partial charge is 0.308 e. The quantitative estimate of drug-likeness (QED) is 0.619. The van der Waals surface area contributed by atoms with Crippen molar-refractivity contribution >= 4 is 22.8 Å². The van der Waals surface area contributed by atoms with E-state index >= 15 is 0 Å². The molecule has 1 heterocycles. The Morgan fingerprint density at radius 1 is 1.18 bits per heavy atom. The number of nitrogens with zero attached hydrogens (tertiary/aromatic N) is 1. The van der Waals surface area contributed by atoms with Crippen LogP contribution in [0.5, 0.6) is 5.75 Å². The Morgan fingerprint density at radius 3 is 2.32 bits per heavy atom. The number of ether oxygens (including phenoxy) is 1. The Morgan fingerprint density at radius 2 is 1.82 bits per heavy atom. The van der Waals surface area contributed by atoms with E-state index in [4.69, 9.17) is 4.74 Å². The van der Waals surface area contributed by atoms with Crippen LogP contribution in [0.25, 0.3) is 10.9 Å². The molecule has 0 saturated carbocycles. The minimum Gasteiger partial charge on any atom is -0.426 e. The van der Waals surface area contributed by atoms with Gasteiger partial charge in [-0.2, -0.15) is 0 Å². The minimum absolute atomic E-state index is 0.0514. The van der Waals surface area contributed by atoms with Crippen molar-refractivity contribution in [2.24, 2.45) is 5.41 Å². The number of fused-ring (bicyclic) bond motifs is 1. The lowest BCUT2D eigenvalue weighted by atomic mass is 9.88. The molecule has 0 bridgehead atoms. The topological polar surface area (TPSA) is 48.3 Å². The summed E-state index contributed by atoms with van der Waals surface area (Å²) in [7, 11) is 0. The molecule has 0 fully saturated rings. The predicted molar refractivity (Wildman–Crippen MR) is 87.4 cm³/mol. The van der Waals surface area contributed by atoms with Gasteiger partial charge in [-0.1, -0.05) is 20.8 Å². The Bertz CT molecular complexity index is 748. The maximum absolute atomic E-state index is 11.9. The normalized spacial score (nSPS) is 11.7. The minimum atomic E-state index is -0.357. The molecule has 0 radical (unpaired) electrons. The molecule has 0 aliphatic carbocycles. The van der Waals surface area contributed by atoms with Crippen molar-refractivity contribution in [3.63, 3.8) is 0 Å². The second-order valence-electron chi connectivity index (χ2n) is 7.03. The summed E-state index contributed by atoms with van der Waals surface area (Å²) in [6, 6.07) is 3.80. The van der Waals surface area contributed by atoms with Gasteiger partial charge in [-0.15, -0.1) is 0 Å². The highest BCUT2D eigenvalue weighted by atomic mass is 16.5. The van der Waals surface area contributed by atoms with Crippen LogP contribution in [0.3, 0.4) is 0 Å². The van der Waals surface area contributed by atoms with E-state index in [1.165, 1.54) is 13.8 Å². The summed E-state index contributed by atoms with van der Waals surface area (Å²) in [5.41, 5.74) is 2.83. The second-order valence-corrected chi connectivity index (χ2v) is 7.03. The van der Waals surface area contributed by atoms with E-state index in [1.807, 2.05) is 25.3 Å². The van der Waals surface area contributed by atoms with Gasteiger partial charge in [0.25, 0.3) is 0 Å². The van der Waals surface area contributed by atoms with Crippen LogP contribution in [0.2, 0.25) is 0 Å². The molecular formula is C18H23NO3. The fourth-order valence-electron chi connectivity index (χ4n) is 2.74. The van der Waals surface area contributed by atoms with E-state index in [0.717, 1.165) is 28.5 Å². The third kappa shape index (κ3) is 3.38.